The molecule has 0 saturated carbocycles. The second-order valence-electron chi connectivity index (χ2n) is 2.56. The summed E-state index contributed by atoms with van der Waals surface area (Å²) in [4.78, 5) is 10.8. The maximum absolute atomic E-state index is 12.5. The van der Waals surface area contributed by atoms with E-state index in [4.69, 9.17) is 0 Å². The lowest BCUT2D eigenvalue weighted by Gasteiger charge is -1.94. The number of ether oxygens (including phenoxy) is 1. The van der Waals surface area contributed by atoms with Crippen LogP contribution in [0.3, 0.4) is 0 Å². The Morgan fingerprint density at radius 3 is 2.71 bits per heavy atom. The molecule has 1 rings (SSSR count). The van der Waals surface area contributed by atoms with Gasteiger partial charge in [0.15, 0.2) is 0 Å². The highest BCUT2D eigenvalue weighted by Crippen LogP contribution is 2.04. The molecule has 0 heterocycles. The molecule has 0 saturated heterocycles. The van der Waals surface area contributed by atoms with E-state index in [2.05, 4.69) is 10.8 Å². The van der Waals surface area contributed by atoms with E-state index in [9.17, 15) is 9.18 Å². The first-order valence-electron chi connectivity index (χ1n) is 4.24. The summed E-state index contributed by atoms with van der Waals surface area (Å²) in [5.74, 6) is -0.824. The van der Waals surface area contributed by atoms with Crippen molar-refractivity contribution in [1.82, 2.24) is 0 Å². The Morgan fingerprint density at radius 2 is 2.14 bits per heavy atom. The molecule has 0 aliphatic heterocycles. The fourth-order valence-corrected chi connectivity index (χ4v) is 0.874. The fourth-order valence-electron chi connectivity index (χ4n) is 0.874. The molecule has 1 aromatic carbocycles. The minimum absolute atomic E-state index is 0.307. The minimum Gasteiger partial charge on any atom is -0.462 e. The van der Waals surface area contributed by atoms with E-state index in [-0.39, 0.29) is 5.82 Å². The van der Waals surface area contributed by atoms with Crippen molar-refractivity contribution in [2.24, 2.45) is 0 Å². The number of halogens is 1. The van der Waals surface area contributed by atoms with E-state index in [1.165, 1.54) is 18.2 Å². The highest BCUT2D eigenvalue weighted by molar-refractivity contribution is 5.82. The quantitative estimate of drug-likeness (QED) is 0.543. The number of hydrogen-bond donors (Lipinski definition) is 0. The summed E-state index contributed by atoms with van der Waals surface area (Å²) in [5, 5.41) is 0. The van der Waals surface area contributed by atoms with E-state index in [0.29, 0.717) is 12.2 Å². The van der Waals surface area contributed by atoms with Gasteiger partial charge in [-0.25, -0.2) is 9.18 Å². The summed E-state index contributed by atoms with van der Waals surface area (Å²) >= 11 is 0. The SMILES string of the molecule is CCOC(=O)/[C]=C/c1ccc(F)cc1. The van der Waals surface area contributed by atoms with Crippen molar-refractivity contribution in [1.29, 1.82) is 0 Å². The molecule has 0 fully saturated rings. The normalized spacial score (nSPS) is 10.4. The predicted octanol–water partition coefficient (Wildman–Crippen LogP) is 2.21. The van der Waals surface area contributed by atoms with Crippen molar-refractivity contribution >= 4 is 12.0 Å². The van der Waals surface area contributed by atoms with Gasteiger partial charge in [-0.3, -0.25) is 0 Å². The summed E-state index contributed by atoms with van der Waals surface area (Å²) in [6.07, 6.45) is 3.87. The average molecular weight is 193 g/mol. The van der Waals surface area contributed by atoms with Crippen LogP contribution in [0.4, 0.5) is 4.39 Å². The first-order chi connectivity index (χ1) is 6.72. The van der Waals surface area contributed by atoms with Crippen LogP contribution in [0.15, 0.2) is 24.3 Å². The maximum atomic E-state index is 12.5. The zero-order valence-electron chi connectivity index (χ0n) is 7.79. The van der Waals surface area contributed by atoms with Crippen LogP contribution < -0.4 is 0 Å². The summed E-state index contributed by atoms with van der Waals surface area (Å²) in [7, 11) is 0. The molecule has 2 nitrogen and oxygen atoms in total. The molecule has 0 N–H and O–H groups in total. The average Bonchev–Trinajstić information content (AvgIpc) is 2.17. The highest BCUT2D eigenvalue weighted by Gasteiger charge is 1.94. The first kappa shape index (κ1) is 10.4. The van der Waals surface area contributed by atoms with Gasteiger partial charge in [0, 0.05) is 0 Å². The molecule has 0 unspecified atom stereocenters. The van der Waals surface area contributed by atoms with Gasteiger partial charge in [-0.05, 0) is 30.7 Å². The maximum Gasteiger partial charge on any atom is 0.339 e. The van der Waals surface area contributed by atoms with E-state index >= 15 is 0 Å². The van der Waals surface area contributed by atoms with Crippen LogP contribution in [0, 0.1) is 11.9 Å². The Bertz CT molecular complexity index is 328. The minimum atomic E-state index is -0.517. The van der Waals surface area contributed by atoms with Crippen LogP contribution in [-0.2, 0) is 9.53 Å². The van der Waals surface area contributed by atoms with Crippen molar-refractivity contribution in [2.75, 3.05) is 6.61 Å². The van der Waals surface area contributed by atoms with Gasteiger partial charge in [0.1, 0.15) is 5.82 Å². The van der Waals surface area contributed by atoms with Crippen LogP contribution in [-0.4, -0.2) is 12.6 Å². The van der Waals surface area contributed by atoms with Gasteiger partial charge in [-0.2, -0.15) is 0 Å². The highest BCUT2D eigenvalue weighted by atomic mass is 19.1. The van der Waals surface area contributed by atoms with Gasteiger partial charge in [-0.1, -0.05) is 12.1 Å². The molecule has 0 aromatic heterocycles. The van der Waals surface area contributed by atoms with Crippen molar-refractivity contribution in [2.45, 2.75) is 6.92 Å². The molecule has 73 valence electrons. The number of benzene rings is 1. The lowest BCUT2D eigenvalue weighted by atomic mass is 10.2. The second kappa shape index (κ2) is 5.17. The number of rotatable bonds is 3. The number of carbonyl (C=O) groups is 1. The molecule has 14 heavy (non-hydrogen) atoms. The monoisotopic (exact) mass is 193 g/mol. The van der Waals surface area contributed by atoms with Crippen molar-refractivity contribution in [3.05, 3.63) is 41.7 Å². The third-order valence-corrected chi connectivity index (χ3v) is 1.50. The smallest absolute Gasteiger partial charge is 0.339 e. The summed E-state index contributed by atoms with van der Waals surface area (Å²) < 4.78 is 17.1. The molecular formula is C11H10FO2. The van der Waals surface area contributed by atoms with E-state index < -0.39 is 5.97 Å². The van der Waals surface area contributed by atoms with Gasteiger partial charge < -0.3 is 4.74 Å². The third kappa shape index (κ3) is 3.39. The van der Waals surface area contributed by atoms with Gasteiger partial charge in [0.05, 0.1) is 12.7 Å². The van der Waals surface area contributed by atoms with Crippen molar-refractivity contribution < 1.29 is 13.9 Å². The lowest BCUT2D eigenvalue weighted by molar-refractivity contribution is -0.137. The van der Waals surface area contributed by atoms with Gasteiger partial charge in [0.25, 0.3) is 0 Å². The molecule has 0 spiro atoms. The fraction of sp³-hybridized carbons (Fsp3) is 0.182. The summed E-state index contributed by atoms with van der Waals surface area (Å²) in [6, 6.07) is 5.75. The molecule has 0 aliphatic carbocycles. The largest absolute Gasteiger partial charge is 0.462 e. The Labute approximate surface area is 82.0 Å². The third-order valence-electron chi connectivity index (χ3n) is 1.50. The molecular weight excluding hydrogens is 183 g/mol. The lowest BCUT2D eigenvalue weighted by Crippen LogP contribution is -1.99. The Balaban J connectivity index is 2.60. The zero-order valence-corrected chi connectivity index (χ0v) is 7.79. The van der Waals surface area contributed by atoms with E-state index in [1.54, 1.807) is 19.1 Å². The summed E-state index contributed by atoms with van der Waals surface area (Å²) in [6.45, 7) is 2.04. The zero-order chi connectivity index (χ0) is 10.4. The Morgan fingerprint density at radius 1 is 1.50 bits per heavy atom. The van der Waals surface area contributed by atoms with Gasteiger partial charge in [0.2, 0.25) is 0 Å². The van der Waals surface area contributed by atoms with Crippen molar-refractivity contribution in [3.8, 4) is 0 Å². The molecule has 1 radical (unpaired) electrons. The van der Waals surface area contributed by atoms with Crippen LogP contribution in [0.1, 0.15) is 12.5 Å². The van der Waals surface area contributed by atoms with E-state index in [1.807, 2.05) is 0 Å². The standard InChI is InChI=1S/C11H10FO2/c1-2-14-11(13)8-5-9-3-6-10(12)7-4-9/h3-7H,2H2,1H3. The number of esters is 1. The topological polar surface area (TPSA) is 26.3 Å². The van der Waals surface area contributed by atoms with Crippen LogP contribution >= 0.6 is 0 Å². The number of hydrogen-bond acceptors (Lipinski definition) is 2. The van der Waals surface area contributed by atoms with Gasteiger partial charge >= 0.3 is 5.97 Å². The number of carbonyl (C=O) groups excluding carboxylic acids is 1. The molecule has 0 aliphatic rings. The van der Waals surface area contributed by atoms with Crippen LogP contribution in [0.25, 0.3) is 6.08 Å². The van der Waals surface area contributed by atoms with Crippen LogP contribution in [0.2, 0.25) is 0 Å². The molecule has 1 aromatic rings. The summed E-state index contributed by atoms with van der Waals surface area (Å²) in [5.41, 5.74) is 0.708. The van der Waals surface area contributed by atoms with Crippen molar-refractivity contribution in [3.63, 3.8) is 0 Å². The Hall–Kier alpha value is -1.64. The molecule has 0 amide bonds. The Kier molecular flexibility index (Phi) is 3.85. The predicted molar refractivity (Wildman–Crippen MR) is 50.7 cm³/mol. The molecule has 3 heteroatoms. The molecule has 0 bridgehead atoms. The second-order valence-corrected chi connectivity index (χ2v) is 2.56. The first-order valence-corrected chi connectivity index (χ1v) is 4.24. The van der Waals surface area contributed by atoms with E-state index in [0.717, 1.165) is 0 Å². The van der Waals surface area contributed by atoms with Crippen LogP contribution in [0.5, 0.6) is 0 Å². The van der Waals surface area contributed by atoms with Gasteiger partial charge in [-0.15, -0.1) is 0 Å². The molecule has 0 atom stereocenters.